The molecule has 0 bridgehead atoms. The summed E-state index contributed by atoms with van der Waals surface area (Å²) in [6.07, 6.45) is 10.6. The molecule has 1 heterocycles. The first kappa shape index (κ1) is 17.5. The van der Waals surface area contributed by atoms with Crippen molar-refractivity contribution in [2.75, 3.05) is 0 Å². The maximum Gasteiger partial charge on any atom is 0.0945 e. The van der Waals surface area contributed by atoms with Crippen molar-refractivity contribution in [3.8, 4) is 0 Å². The van der Waals surface area contributed by atoms with E-state index in [9.17, 15) is 0 Å². The molecule has 0 radical (unpaired) electrons. The Morgan fingerprint density at radius 1 is 0.960 bits per heavy atom. The number of benzene rings is 2. The van der Waals surface area contributed by atoms with Crippen LogP contribution in [0.4, 0.5) is 0 Å². The first-order valence-corrected chi connectivity index (χ1v) is 9.26. The molecule has 2 nitrogen and oxygen atoms in total. The standard InChI is InChI=1S/C23H28N2/c1-19-8-12-23(20(2)16-19)13-11-22(17-25-15-14-24-18-25)10-9-21-6-4-3-5-7-21/h3-8,12,14-16,18,22H,9-11,13,17H2,1-2H3. The van der Waals surface area contributed by atoms with Crippen molar-refractivity contribution in [3.63, 3.8) is 0 Å². The van der Waals surface area contributed by atoms with E-state index in [1.165, 1.54) is 35.1 Å². The highest BCUT2D eigenvalue weighted by Crippen LogP contribution is 2.20. The zero-order valence-electron chi connectivity index (χ0n) is 15.4. The Hall–Kier alpha value is -2.35. The minimum absolute atomic E-state index is 0.662. The van der Waals surface area contributed by atoms with E-state index < -0.39 is 0 Å². The molecule has 0 fully saturated rings. The highest BCUT2D eigenvalue weighted by molar-refractivity contribution is 5.30. The lowest BCUT2D eigenvalue weighted by Gasteiger charge is -2.18. The summed E-state index contributed by atoms with van der Waals surface area (Å²) in [4.78, 5) is 4.20. The predicted molar refractivity (Wildman–Crippen MR) is 105 cm³/mol. The van der Waals surface area contributed by atoms with E-state index in [0.717, 1.165) is 19.4 Å². The zero-order chi connectivity index (χ0) is 17.5. The van der Waals surface area contributed by atoms with Gasteiger partial charge in [0.15, 0.2) is 0 Å². The van der Waals surface area contributed by atoms with E-state index in [0.29, 0.717) is 5.92 Å². The van der Waals surface area contributed by atoms with Crippen LogP contribution in [0.15, 0.2) is 67.3 Å². The van der Waals surface area contributed by atoms with Gasteiger partial charge in [-0.15, -0.1) is 0 Å². The second-order valence-corrected chi connectivity index (χ2v) is 7.12. The normalized spacial score (nSPS) is 12.2. The third kappa shape index (κ3) is 5.32. The quantitative estimate of drug-likeness (QED) is 0.541. The molecule has 1 atom stereocenters. The molecule has 25 heavy (non-hydrogen) atoms. The molecular weight excluding hydrogens is 304 g/mol. The minimum atomic E-state index is 0.662. The summed E-state index contributed by atoms with van der Waals surface area (Å²) in [6, 6.07) is 17.7. The maximum absolute atomic E-state index is 4.20. The van der Waals surface area contributed by atoms with E-state index >= 15 is 0 Å². The predicted octanol–water partition coefficient (Wildman–Crippen LogP) is 5.38. The smallest absolute Gasteiger partial charge is 0.0945 e. The van der Waals surface area contributed by atoms with Crippen LogP contribution in [0.5, 0.6) is 0 Å². The van der Waals surface area contributed by atoms with Crippen molar-refractivity contribution in [1.29, 1.82) is 0 Å². The summed E-state index contributed by atoms with van der Waals surface area (Å²) in [5.74, 6) is 0.662. The first-order chi connectivity index (χ1) is 12.2. The zero-order valence-corrected chi connectivity index (χ0v) is 15.4. The molecule has 0 aliphatic heterocycles. The largest absolute Gasteiger partial charge is 0.337 e. The minimum Gasteiger partial charge on any atom is -0.337 e. The molecule has 3 aromatic rings. The van der Waals surface area contributed by atoms with Crippen LogP contribution in [0.25, 0.3) is 0 Å². The van der Waals surface area contributed by atoms with Gasteiger partial charge in [0.25, 0.3) is 0 Å². The molecule has 0 saturated carbocycles. The summed E-state index contributed by atoms with van der Waals surface area (Å²) < 4.78 is 2.22. The molecule has 0 saturated heterocycles. The molecule has 1 unspecified atom stereocenters. The molecule has 3 rings (SSSR count). The fourth-order valence-electron chi connectivity index (χ4n) is 3.52. The average Bonchev–Trinajstić information content (AvgIpc) is 3.12. The molecule has 2 heteroatoms. The van der Waals surface area contributed by atoms with Gasteiger partial charge in [0.2, 0.25) is 0 Å². The Labute approximate surface area is 151 Å². The molecule has 1 aromatic heterocycles. The second-order valence-electron chi connectivity index (χ2n) is 7.12. The highest BCUT2D eigenvalue weighted by Gasteiger charge is 2.11. The van der Waals surface area contributed by atoms with Crippen LogP contribution in [0.3, 0.4) is 0 Å². The molecule has 0 aliphatic carbocycles. The number of rotatable bonds is 8. The number of imidazole rings is 1. The van der Waals surface area contributed by atoms with Gasteiger partial charge in [-0.05, 0) is 62.1 Å². The van der Waals surface area contributed by atoms with Crippen molar-refractivity contribution in [2.24, 2.45) is 5.92 Å². The topological polar surface area (TPSA) is 17.8 Å². The molecular formula is C23H28N2. The average molecular weight is 332 g/mol. The highest BCUT2D eigenvalue weighted by atomic mass is 15.0. The third-order valence-electron chi connectivity index (χ3n) is 5.03. The maximum atomic E-state index is 4.20. The number of nitrogens with zero attached hydrogens (tertiary/aromatic N) is 2. The fraction of sp³-hybridized carbons (Fsp3) is 0.348. The molecule has 0 N–H and O–H groups in total. The van der Waals surface area contributed by atoms with Gasteiger partial charge in [-0.3, -0.25) is 0 Å². The van der Waals surface area contributed by atoms with Gasteiger partial charge >= 0.3 is 0 Å². The molecule has 0 aliphatic rings. The summed E-state index contributed by atoms with van der Waals surface area (Å²) in [7, 11) is 0. The lowest BCUT2D eigenvalue weighted by Crippen LogP contribution is -2.12. The van der Waals surface area contributed by atoms with Crippen molar-refractivity contribution in [1.82, 2.24) is 9.55 Å². The van der Waals surface area contributed by atoms with Gasteiger partial charge in [-0.1, -0.05) is 54.1 Å². The van der Waals surface area contributed by atoms with E-state index in [1.807, 2.05) is 12.5 Å². The summed E-state index contributed by atoms with van der Waals surface area (Å²) in [5.41, 5.74) is 5.69. The van der Waals surface area contributed by atoms with E-state index in [2.05, 4.69) is 78.1 Å². The van der Waals surface area contributed by atoms with Gasteiger partial charge in [0, 0.05) is 18.9 Å². The van der Waals surface area contributed by atoms with Crippen LogP contribution in [0.2, 0.25) is 0 Å². The van der Waals surface area contributed by atoms with Gasteiger partial charge < -0.3 is 4.57 Å². The van der Waals surface area contributed by atoms with Crippen LogP contribution < -0.4 is 0 Å². The van der Waals surface area contributed by atoms with Crippen LogP contribution in [0, 0.1) is 19.8 Å². The Morgan fingerprint density at radius 3 is 2.48 bits per heavy atom. The van der Waals surface area contributed by atoms with Crippen LogP contribution in [0.1, 0.15) is 35.1 Å². The second kappa shape index (κ2) is 8.66. The van der Waals surface area contributed by atoms with E-state index in [1.54, 1.807) is 0 Å². The number of hydrogen-bond acceptors (Lipinski definition) is 1. The molecule has 0 spiro atoms. The molecule has 130 valence electrons. The molecule has 0 amide bonds. The van der Waals surface area contributed by atoms with E-state index in [4.69, 9.17) is 0 Å². The van der Waals surface area contributed by atoms with Gasteiger partial charge in [-0.2, -0.15) is 0 Å². The van der Waals surface area contributed by atoms with E-state index in [-0.39, 0.29) is 0 Å². The number of aromatic nitrogens is 2. The lowest BCUT2D eigenvalue weighted by molar-refractivity contribution is 0.388. The molecule has 2 aromatic carbocycles. The lowest BCUT2D eigenvalue weighted by atomic mass is 9.91. The van der Waals surface area contributed by atoms with Crippen LogP contribution in [-0.4, -0.2) is 9.55 Å². The Kier molecular flexibility index (Phi) is 6.05. The Bertz CT molecular complexity index is 760. The Balaban J connectivity index is 1.63. The van der Waals surface area contributed by atoms with Gasteiger partial charge in [0.1, 0.15) is 0 Å². The summed E-state index contributed by atoms with van der Waals surface area (Å²) >= 11 is 0. The van der Waals surface area contributed by atoms with Crippen molar-refractivity contribution in [3.05, 3.63) is 89.5 Å². The summed E-state index contributed by atoms with van der Waals surface area (Å²) in [5, 5.41) is 0. The van der Waals surface area contributed by atoms with Crippen molar-refractivity contribution < 1.29 is 0 Å². The third-order valence-corrected chi connectivity index (χ3v) is 5.03. The monoisotopic (exact) mass is 332 g/mol. The fourth-order valence-corrected chi connectivity index (χ4v) is 3.52. The van der Waals surface area contributed by atoms with Gasteiger partial charge in [-0.25, -0.2) is 4.98 Å². The van der Waals surface area contributed by atoms with Gasteiger partial charge in [0.05, 0.1) is 6.33 Å². The van der Waals surface area contributed by atoms with Crippen molar-refractivity contribution in [2.45, 2.75) is 46.1 Å². The van der Waals surface area contributed by atoms with Crippen LogP contribution in [-0.2, 0) is 19.4 Å². The Morgan fingerprint density at radius 2 is 1.76 bits per heavy atom. The number of hydrogen-bond donors (Lipinski definition) is 0. The van der Waals surface area contributed by atoms with Crippen molar-refractivity contribution >= 4 is 0 Å². The first-order valence-electron chi connectivity index (χ1n) is 9.26. The van der Waals surface area contributed by atoms with Crippen LogP contribution >= 0.6 is 0 Å². The summed E-state index contributed by atoms with van der Waals surface area (Å²) in [6.45, 7) is 5.45. The number of aryl methyl sites for hydroxylation is 4. The SMILES string of the molecule is Cc1ccc(CCC(CCc2ccccc2)Cn2ccnc2)c(C)c1.